The lowest BCUT2D eigenvalue weighted by Gasteiger charge is -2.31. The van der Waals surface area contributed by atoms with Crippen LogP contribution >= 0.6 is 67.8 Å². The molecule has 0 saturated carbocycles. The number of aliphatic hydroxyl groups excluding tert-OH is 1. The van der Waals surface area contributed by atoms with Crippen molar-refractivity contribution in [2.75, 3.05) is 26.4 Å². The van der Waals surface area contributed by atoms with E-state index in [2.05, 4.69) is 67.8 Å². The third-order valence-electron chi connectivity index (χ3n) is 4.58. The highest BCUT2D eigenvalue weighted by Crippen LogP contribution is 2.36. The van der Waals surface area contributed by atoms with Gasteiger partial charge in [0.25, 0.3) is 0 Å². The fraction of sp³-hybridized carbons (Fsp3) is 0.619. The van der Waals surface area contributed by atoms with E-state index >= 15 is 0 Å². The Bertz CT molecular complexity index is 783. The van der Waals surface area contributed by atoms with Gasteiger partial charge in [-0.15, -0.1) is 0 Å². The first-order valence-electron chi connectivity index (χ1n) is 9.73. The van der Waals surface area contributed by atoms with Crippen molar-refractivity contribution in [2.45, 2.75) is 46.3 Å². The molecule has 0 amide bonds. The molecule has 1 N–H and O–H groups in total. The normalized spacial score (nSPS) is 17.1. The second kappa shape index (κ2) is 11.5. The molecule has 10 heteroatoms. The number of benzene rings is 1. The van der Waals surface area contributed by atoms with Crippen LogP contribution in [-0.4, -0.2) is 55.7 Å². The summed E-state index contributed by atoms with van der Waals surface area (Å²) in [6.45, 7) is 7.57. The minimum atomic E-state index is -0.970. The smallest absolute Gasteiger partial charge is 0.311 e. The molecule has 0 aliphatic carbocycles. The molecule has 174 valence electrons. The number of carbonyl (C=O) groups is 2. The number of carbonyl (C=O) groups excluding carboxylic acids is 2. The molecule has 2 rings (SSSR count). The molecule has 0 bridgehead atoms. The van der Waals surface area contributed by atoms with Crippen molar-refractivity contribution in [2.24, 2.45) is 10.8 Å². The van der Waals surface area contributed by atoms with E-state index in [9.17, 15) is 14.7 Å². The van der Waals surface area contributed by atoms with Crippen molar-refractivity contribution in [1.82, 2.24) is 0 Å². The van der Waals surface area contributed by atoms with Crippen LogP contribution in [0.25, 0.3) is 0 Å². The molecule has 0 radical (unpaired) electrons. The highest BCUT2D eigenvalue weighted by atomic mass is 127. The van der Waals surface area contributed by atoms with Crippen molar-refractivity contribution in [3.05, 3.63) is 22.8 Å². The standard InChI is InChI=1S/C21H27I3O7/c1-20(2,11-21(3,4)19(27)31-10-14-9-28-14)18(26)30-8-13(25)7-29-17-15(23)5-12(22)6-16(17)24/h5-6,13-14,25H,7-11H2,1-4H3. The maximum atomic E-state index is 12.6. The predicted octanol–water partition coefficient (Wildman–Crippen LogP) is 4.17. The van der Waals surface area contributed by atoms with Crippen molar-refractivity contribution >= 4 is 79.7 Å². The third-order valence-corrected chi connectivity index (χ3v) is 6.81. The van der Waals surface area contributed by atoms with E-state index in [1.807, 2.05) is 12.1 Å². The lowest BCUT2D eigenvalue weighted by atomic mass is 9.75. The van der Waals surface area contributed by atoms with Gasteiger partial charge in [0, 0.05) is 3.57 Å². The molecule has 1 aliphatic heterocycles. The minimum absolute atomic E-state index is 0.00135. The Morgan fingerprint density at radius 3 is 2.10 bits per heavy atom. The van der Waals surface area contributed by atoms with Gasteiger partial charge >= 0.3 is 11.9 Å². The summed E-state index contributed by atoms with van der Waals surface area (Å²) in [6.07, 6.45) is -0.732. The van der Waals surface area contributed by atoms with Gasteiger partial charge in [-0.2, -0.15) is 0 Å². The number of hydrogen-bond acceptors (Lipinski definition) is 7. The highest BCUT2D eigenvalue weighted by molar-refractivity contribution is 14.1. The average molecular weight is 772 g/mol. The van der Waals surface area contributed by atoms with Crippen LogP contribution in [0.15, 0.2) is 12.1 Å². The van der Waals surface area contributed by atoms with Gasteiger partial charge in [0.2, 0.25) is 0 Å². The van der Waals surface area contributed by atoms with Crippen LogP contribution in [0.3, 0.4) is 0 Å². The number of aliphatic hydroxyl groups is 1. The van der Waals surface area contributed by atoms with Gasteiger partial charge in [-0.25, -0.2) is 0 Å². The minimum Gasteiger partial charge on any atom is -0.489 e. The molecular weight excluding hydrogens is 745 g/mol. The van der Waals surface area contributed by atoms with Crippen LogP contribution in [0.4, 0.5) is 0 Å². The number of halogens is 3. The van der Waals surface area contributed by atoms with Gasteiger partial charge in [-0.3, -0.25) is 9.59 Å². The van der Waals surface area contributed by atoms with Crippen LogP contribution < -0.4 is 4.74 Å². The van der Waals surface area contributed by atoms with Crippen molar-refractivity contribution < 1.29 is 33.6 Å². The Morgan fingerprint density at radius 2 is 1.58 bits per heavy atom. The first-order chi connectivity index (χ1) is 14.3. The fourth-order valence-electron chi connectivity index (χ4n) is 3.04. The molecule has 0 aromatic heterocycles. The van der Waals surface area contributed by atoms with Crippen molar-refractivity contribution in [1.29, 1.82) is 0 Å². The van der Waals surface area contributed by atoms with E-state index in [0.717, 1.165) is 10.7 Å². The number of ether oxygens (including phenoxy) is 4. The van der Waals surface area contributed by atoms with E-state index in [1.54, 1.807) is 27.7 Å². The average Bonchev–Trinajstić information content (AvgIpc) is 3.46. The lowest BCUT2D eigenvalue weighted by Crippen LogP contribution is -2.38. The summed E-state index contributed by atoms with van der Waals surface area (Å²) in [5.41, 5.74) is -1.79. The Morgan fingerprint density at radius 1 is 1.06 bits per heavy atom. The number of rotatable bonds is 11. The molecule has 31 heavy (non-hydrogen) atoms. The topological polar surface area (TPSA) is 94.6 Å². The fourth-order valence-corrected chi connectivity index (χ4v) is 6.93. The molecule has 2 atom stereocenters. The summed E-state index contributed by atoms with van der Waals surface area (Å²) in [4.78, 5) is 25.0. The predicted molar refractivity (Wildman–Crippen MR) is 140 cm³/mol. The largest absolute Gasteiger partial charge is 0.489 e. The van der Waals surface area contributed by atoms with Crippen LogP contribution in [0.5, 0.6) is 5.75 Å². The summed E-state index contributed by atoms with van der Waals surface area (Å²) < 4.78 is 24.4. The van der Waals surface area contributed by atoms with E-state index < -0.39 is 22.9 Å². The zero-order valence-corrected chi connectivity index (χ0v) is 24.3. The summed E-state index contributed by atoms with van der Waals surface area (Å²) in [5, 5.41) is 10.2. The van der Waals surface area contributed by atoms with Crippen molar-refractivity contribution in [3.63, 3.8) is 0 Å². The summed E-state index contributed by atoms with van der Waals surface area (Å²) in [6, 6.07) is 3.97. The summed E-state index contributed by atoms with van der Waals surface area (Å²) >= 11 is 6.60. The Kier molecular flexibility index (Phi) is 10.1. The Labute approximate surface area is 223 Å². The third kappa shape index (κ3) is 8.74. The lowest BCUT2D eigenvalue weighted by molar-refractivity contribution is -0.164. The number of epoxide rings is 1. The first-order valence-corrected chi connectivity index (χ1v) is 13.0. The monoisotopic (exact) mass is 772 g/mol. The molecule has 1 heterocycles. The molecule has 7 nitrogen and oxygen atoms in total. The zero-order valence-electron chi connectivity index (χ0n) is 17.9. The Balaban J connectivity index is 1.82. The van der Waals surface area contributed by atoms with Crippen LogP contribution in [0.1, 0.15) is 34.1 Å². The second-order valence-electron chi connectivity index (χ2n) is 8.76. The quantitative estimate of drug-likeness (QED) is 0.205. The molecular formula is C21H27I3O7. The SMILES string of the molecule is CC(C)(CC(C)(C)C(=O)OCC1CO1)C(=O)OCC(O)COc1c(I)cc(I)cc1I. The highest BCUT2D eigenvalue weighted by Gasteiger charge is 2.41. The molecule has 1 saturated heterocycles. The van der Waals surface area contributed by atoms with Gasteiger partial charge in [0.15, 0.2) is 0 Å². The van der Waals surface area contributed by atoms with Crippen LogP contribution in [0, 0.1) is 21.5 Å². The van der Waals surface area contributed by atoms with E-state index in [1.165, 1.54) is 0 Å². The zero-order chi connectivity index (χ0) is 23.4. The number of esters is 2. The van der Waals surface area contributed by atoms with E-state index in [4.69, 9.17) is 18.9 Å². The van der Waals surface area contributed by atoms with E-state index in [-0.39, 0.29) is 38.3 Å². The molecule has 0 spiro atoms. The second-order valence-corrected chi connectivity index (χ2v) is 12.3. The maximum Gasteiger partial charge on any atom is 0.311 e. The molecule has 2 unspecified atom stereocenters. The molecule has 1 aromatic carbocycles. The first kappa shape index (κ1) is 27.3. The maximum absolute atomic E-state index is 12.6. The summed E-state index contributed by atoms with van der Waals surface area (Å²) in [7, 11) is 0. The van der Waals surface area contributed by atoms with Gasteiger partial charge in [-0.1, -0.05) is 0 Å². The van der Waals surface area contributed by atoms with Gasteiger partial charge < -0.3 is 24.1 Å². The van der Waals surface area contributed by atoms with Crippen LogP contribution in [-0.2, 0) is 23.8 Å². The number of hydrogen-bond donors (Lipinski definition) is 1. The van der Waals surface area contributed by atoms with Crippen molar-refractivity contribution in [3.8, 4) is 5.75 Å². The van der Waals surface area contributed by atoms with Crippen LogP contribution in [0.2, 0.25) is 0 Å². The van der Waals surface area contributed by atoms with Gasteiger partial charge in [0.05, 0.1) is 24.6 Å². The summed E-state index contributed by atoms with van der Waals surface area (Å²) in [5.74, 6) is -0.167. The van der Waals surface area contributed by atoms with E-state index in [0.29, 0.717) is 12.4 Å². The molecule has 1 aromatic rings. The van der Waals surface area contributed by atoms with Gasteiger partial charge in [-0.05, 0) is 114 Å². The Hall–Kier alpha value is 0.0700. The van der Waals surface area contributed by atoms with Gasteiger partial charge in [0.1, 0.15) is 37.8 Å². The molecule has 1 fully saturated rings. The molecule has 1 aliphatic rings.